The Labute approximate surface area is 114 Å². The van der Waals surface area contributed by atoms with Gasteiger partial charge in [0.15, 0.2) is 0 Å². The smallest absolute Gasteiger partial charge is 0.0234 e. The zero-order valence-corrected chi connectivity index (χ0v) is 11.2. The van der Waals surface area contributed by atoms with Crippen LogP contribution in [0.4, 0.5) is 0 Å². The van der Waals surface area contributed by atoms with Gasteiger partial charge < -0.3 is 5.73 Å². The van der Waals surface area contributed by atoms with E-state index in [-0.39, 0.29) is 12.4 Å². The number of fused-ring (bicyclic) bond motifs is 1. The summed E-state index contributed by atoms with van der Waals surface area (Å²) in [5, 5.41) is 2.64. The Hall–Kier alpha value is -1.09. The van der Waals surface area contributed by atoms with Gasteiger partial charge in [-0.15, -0.1) is 12.4 Å². The summed E-state index contributed by atoms with van der Waals surface area (Å²) in [4.78, 5) is 2.44. The molecule has 3 heteroatoms. The van der Waals surface area contributed by atoms with Crippen LogP contribution in [0.3, 0.4) is 0 Å². The molecule has 1 aliphatic rings. The molecule has 1 aliphatic heterocycles. The van der Waals surface area contributed by atoms with Gasteiger partial charge >= 0.3 is 0 Å². The third-order valence-corrected chi connectivity index (χ3v) is 3.53. The SMILES string of the molecule is Cl.NC1CCN(Cc2ccc3ccccc3c2)C1. The molecule has 2 N–H and O–H groups in total. The summed E-state index contributed by atoms with van der Waals surface area (Å²) >= 11 is 0. The lowest BCUT2D eigenvalue weighted by molar-refractivity contribution is 0.327. The minimum absolute atomic E-state index is 0. The average molecular weight is 263 g/mol. The first kappa shape index (κ1) is 13.3. The van der Waals surface area contributed by atoms with Crippen LogP contribution in [0.5, 0.6) is 0 Å². The molecular formula is C15H19ClN2. The molecule has 0 aromatic heterocycles. The summed E-state index contributed by atoms with van der Waals surface area (Å²) < 4.78 is 0. The van der Waals surface area contributed by atoms with Crippen molar-refractivity contribution in [3.63, 3.8) is 0 Å². The molecule has 0 radical (unpaired) electrons. The van der Waals surface area contributed by atoms with E-state index in [9.17, 15) is 0 Å². The Morgan fingerprint density at radius 2 is 1.89 bits per heavy atom. The van der Waals surface area contributed by atoms with Crippen molar-refractivity contribution in [1.82, 2.24) is 4.90 Å². The standard InChI is InChI=1S/C15H18N2.ClH/c16-15-7-8-17(11-15)10-12-5-6-13-3-1-2-4-14(13)9-12;/h1-6,9,15H,7-8,10-11,16H2;1H. The van der Waals surface area contributed by atoms with E-state index in [2.05, 4.69) is 47.4 Å². The van der Waals surface area contributed by atoms with Crippen LogP contribution in [0, 0.1) is 0 Å². The lowest BCUT2D eigenvalue weighted by atomic mass is 10.1. The second-order valence-electron chi connectivity index (χ2n) is 4.97. The molecule has 0 saturated carbocycles. The first-order chi connectivity index (χ1) is 8.31. The van der Waals surface area contributed by atoms with Crippen LogP contribution in [0.2, 0.25) is 0 Å². The maximum Gasteiger partial charge on any atom is 0.0234 e. The van der Waals surface area contributed by atoms with Crippen molar-refractivity contribution in [2.24, 2.45) is 5.73 Å². The van der Waals surface area contributed by atoms with Crippen LogP contribution < -0.4 is 5.73 Å². The first-order valence-electron chi connectivity index (χ1n) is 6.27. The molecule has 1 heterocycles. The van der Waals surface area contributed by atoms with E-state index in [0.29, 0.717) is 6.04 Å². The van der Waals surface area contributed by atoms with Crippen LogP contribution in [-0.4, -0.2) is 24.0 Å². The van der Waals surface area contributed by atoms with Crippen molar-refractivity contribution in [2.75, 3.05) is 13.1 Å². The Balaban J connectivity index is 0.00000120. The van der Waals surface area contributed by atoms with Gasteiger partial charge in [0.05, 0.1) is 0 Å². The van der Waals surface area contributed by atoms with E-state index < -0.39 is 0 Å². The summed E-state index contributed by atoms with van der Waals surface area (Å²) in [5.41, 5.74) is 7.31. The van der Waals surface area contributed by atoms with Crippen molar-refractivity contribution < 1.29 is 0 Å². The van der Waals surface area contributed by atoms with Crippen LogP contribution in [0.25, 0.3) is 10.8 Å². The number of nitrogens with zero attached hydrogens (tertiary/aromatic N) is 1. The van der Waals surface area contributed by atoms with Gasteiger partial charge in [0.1, 0.15) is 0 Å². The lowest BCUT2D eigenvalue weighted by Gasteiger charge is -2.15. The topological polar surface area (TPSA) is 29.3 Å². The van der Waals surface area contributed by atoms with Gasteiger partial charge in [-0.2, -0.15) is 0 Å². The van der Waals surface area contributed by atoms with Crippen LogP contribution in [0.15, 0.2) is 42.5 Å². The second-order valence-corrected chi connectivity index (χ2v) is 4.97. The van der Waals surface area contributed by atoms with Crippen LogP contribution in [0.1, 0.15) is 12.0 Å². The maximum absolute atomic E-state index is 5.93. The number of benzene rings is 2. The molecule has 2 aromatic carbocycles. The van der Waals surface area contributed by atoms with E-state index in [4.69, 9.17) is 5.73 Å². The zero-order valence-electron chi connectivity index (χ0n) is 10.4. The number of nitrogens with two attached hydrogens (primary N) is 1. The fourth-order valence-corrected chi connectivity index (χ4v) is 2.60. The molecular weight excluding hydrogens is 244 g/mol. The highest BCUT2D eigenvalue weighted by Gasteiger charge is 2.18. The van der Waals surface area contributed by atoms with E-state index in [0.717, 1.165) is 26.1 Å². The molecule has 2 aromatic rings. The maximum atomic E-state index is 5.93. The average Bonchev–Trinajstić information content (AvgIpc) is 2.75. The molecule has 0 spiro atoms. The molecule has 0 amide bonds. The van der Waals surface area contributed by atoms with Gasteiger partial charge in [0.2, 0.25) is 0 Å². The third-order valence-electron chi connectivity index (χ3n) is 3.53. The van der Waals surface area contributed by atoms with Crippen molar-refractivity contribution in [1.29, 1.82) is 0 Å². The minimum Gasteiger partial charge on any atom is -0.326 e. The van der Waals surface area contributed by atoms with Crippen molar-refractivity contribution in [3.8, 4) is 0 Å². The molecule has 3 rings (SSSR count). The molecule has 1 saturated heterocycles. The molecule has 0 aliphatic carbocycles. The number of hydrogen-bond donors (Lipinski definition) is 1. The van der Waals surface area contributed by atoms with E-state index in [1.54, 1.807) is 0 Å². The number of rotatable bonds is 2. The van der Waals surface area contributed by atoms with E-state index in [1.165, 1.54) is 16.3 Å². The summed E-state index contributed by atoms with van der Waals surface area (Å²) in [6.07, 6.45) is 1.13. The Kier molecular flexibility index (Phi) is 4.23. The summed E-state index contributed by atoms with van der Waals surface area (Å²) in [5.74, 6) is 0. The fraction of sp³-hybridized carbons (Fsp3) is 0.333. The number of likely N-dealkylation sites (tertiary alicyclic amines) is 1. The highest BCUT2D eigenvalue weighted by Crippen LogP contribution is 2.18. The molecule has 96 valence electrons. The summed E-state index contributed by atoms with van der Waals surface area (Å²) in [6, 6.07) is 15.6. The van der Waals surface area contributed by atoms with E-state index in [1.807, 2.05) is 0 Å². The van der Waals surface area contributed by atoms with Gasteiger partial charge in [0.25, 0.3) is 0 Å². The third kappa shape index (κ3) is 2.83. The minimum atomic E-state index is 0. The fourth-order valence-electron chi connectivity index (χ4n) is 2.60. The second kappa shape index (κ2) is 5.70. The highest BCUT2D eigenvalue weighted by molar-refractivity contribution is 5.85. The Morgan fingerprint density at radius 1 is 1.11 bits per heavy atom. The van der Waals surface area contributed by atoms with Gasteiger partial charge in [-0.05, 0) is 28.8 Å². The predicted molar refractivity (Wildman–Crippen MR) is 79.1 cm³/mol. The van der Waals surface area contributed by atoms with Gasteiger partial charge in [-0.25, -0.2) is 0 Å². The quantitative estimate of drug-likeness (QED) is 0.902. The van der Waals surface area contributed by atoms with Crippen molar-refractivity contribution in [2.45, 2.75) is 19.0 Å². The molecule has 18 heavy (non-hydrogen) atoms. The normalized spacial score (nSPS) is 19.9. The summed E-state index contributed by atoms with van der Waals surface area (Å²) in [6.45, 7) is 3.19. The van der Waals surface area contributed by atoms with E-state index >= 15 is 0 Å². The Bertz CT molecular complexity index is 527. The molecule has 1 atom stereocenters. The zero-order chi connectivity index (χ0) is 11.7. The monoisotopic (exact) mass is 262 g/mol. The summed E-state index contributed by atoms with van der Waals surface area (Å²) in [7, 11) is 0. The highest BCUT2D eigenvalue weighted by atomic mass is 35.5. The molecule has 2 nitrogen and oxygen atoms in total. The number of halogens is 1. The molecule has 0 bridgehead atoms. The number of hydrogen-bond acceptors (Lipinski definition) is 2. The first-order valence-corrected chi connectivity index (χ1v) is 6.27. The van der Waals surface area contributed by atoms with Gasteiger partial charge in [-0.1, -0.05) is 36.4 Å². The Morgan fingerprint density at radius 3 is 2.61 bits per heavy atom. The lowest BCUT2D eigenvalue weighted by Crippen LogP contribution is -2.26. The van der Waals surface area contributed by atoms with Crippen LogP contribution >= 0.6 is 12.4 Å². The van der Waals surface area contributed by atoms with Crippen molar-refractivity contribution in [3.05, 3.63) is 48.0 Å². The molecule has 1 unspecified atom stereocenters. The van der Waals surface area contributed by atoms with Gasteiger partial charge in [-0.3, -0.25) is 4.90 Å². The molecule has 1 fully saturated rings. The largest absolute Gasteiger partial charge is 0.326 e. The van der Waals surface area contributed by atoms with Gasteiger partial charge in [0, 0.05) is 25.7 Å². The van der Waals surface area contributed by atoms with Crippen molar-refractivity contribution >= 4 is 23.2 Å². The van der Waals surface area contributed by atoms with Crippen LogP contribution in [-0.2, 0) is 6.54 Å². The predicted octanol–water partition coefficient (Wildman–Crippen LogP) is 2.79.